The van der Waals surface area contributed by atoms with Gasteiger partial charge in [-0.1, -0.05) is 11.2 Å². The number of rotatable bonds is 5. The van der Waals surface area contributed by atoms with Gasteiger partial charge in [0.05, 0.1) is 18.7 Å². The van der Waals surface area contributed by atoms with Crippen molar-refractivity contribution in [3.63, 3.8) is 0 Å². The van der Waals surface area contributed by atoms with Gasteiger partial charge in [-0.2, -0.15) is 0 Å². The normalized spacial score (nSPS) is 9.07. The monoisotopic (exact) mass is 207 g/mol. The van der Waals surface area contributed by atoms with Crippen molar-refractivity contribution in [1.29, 1.82) is 0 Å². The Balaban J connectivity index is 2.74. The second-order valence-electron chi connectivity index (χ2n) is 2.62. The fraction of sp³-hybridized carbons (Fsp3) is 0.222. The molecule has 0 bridgehead atoms. The third-order valence-corrected chi connectivity index (χ3v) is 1.65. The number of carbonyl (C=O) groups is 1. The van der Waals surface area contributed by atoms with Crippen molar-refractivity contribution in [3.05, 3.63) is 34.2 Å². The molecule has 0 spiro atoms. The lowest BCUT2D eigenvalue weighted by Crippen LogP contribution is -2.02. The average Bonchev–Trinajstić information content (AvgIpc) is 2.26. The predicted molar refractivity (Wildman–Crippen MR) is 53.0 cm³/mol. The van der Waals surface area contributed by atoms with Crippen molar-refractivity contribution in [2.75, 3.05) is 13.2 Å². The van der Waals surface area contributed by atoms with Gasteiger partial charge in [0.2, 0.25) is 0 Å². The number of para-hydroxylation sites is 1. The Hall–Kier alpha value is -2.20. The lowest BCUT2D eigenvalue weighted by molar-refractivity contribution is 0.111. The lowest BCUT2D eigenvalue weighted by atomic mass is 10.2. The summed E-state index contributed by atoms with van der Waals surface area (Å²) in [5, 5.41) is 12.6. The Kier molecular flexibility index (Phi) is 4.00. The molecule has 0 aromatic heterocycles. The Morgan fingerprint density at radius 2 is 2.40 bits per heavy atom. The molecule has 0 amide bonds. The number of aldehydes is 1. The van der Waals surface area contributed by atoms with Crippen LogP contribution in [-0.2, 0) is 0 Å². The molecule has 1 aromatic rings. The molecule has 0 heterocycles. The smallest absolute Gasteiger partial charge is 0.171 e. The van der Waals surface area contributed by atoms with Gasteiger partial charge >= 0.3 is 0 Å². The second-order valence-corrected chi connectivity index (χ2v) is 2.62. The second kappa shape index (κ2) is 5.51. The van der Waals surface area contributed by atoms with E-state index in [2.05, 4.69) is 10.0 Å². The van der Waals surface area contributed by atoms with E-state index in [0.717, 1.165) is 0 Å². The van der Waals surface area contributed by atoms with E-state index in [1.807, 2.05) is 0 Å². The average molecular weight is 207 g/mol. The van der Waals surface area contributed by atoms with Gasteiger partial charge in [0.15, 0.2) is 17.8 Å². The summed E-state index contributed by atoms with van der Waals surface area (Å²) in [5.74, 6) is 0.00109. The van der Waals surface area contributed by atoms with Crippen LogP contribution in [0.5, 0.6) is 11.5 Å². The summed E-state index contributed by atoms with van der Waals surface area (Å²) in [6.45, 7) is 0.256. The van der Waals surface area contributed by atoms with Crippen LogP contribution in [0.1, 0.15) is 10.4 Å². The molecular weight excluding hydrogens is 198 g/mol. The Bertz CT molecular complexity index is 400. The first kappa shape index (κ1) is 10.9. The van der Waals surface area contributed by atoms with Crippen LogP contribution in [0.25, 0.3) is 10.4 Å². The zero-order valence-corrected chi connectivity index (χ0v) is 7.83. The Labute approximate surface area is 85.7 Å². The van der Waals surface area contributed by atoms with Crippen LogP contribution in [0.4, 0.5) is 0 Å². The largest absolute Gasteiger partial charge is 0.504 e. The summed E-state index contributed by atoms with van der Waals surface area (Å²) < 4.78 is 5.11. The SMILES string of the molecule is [N-]=[N+]=NCCOc1c(O)cccc1C=O. The van der Waals surface area contributed by atoms with Crippen molar-refractivity contribution < 1.29 is 14.6 Å². The summed E-state index contributed by atoms with van der Waals surface area (Å²) >= 11 is 0. The summed E-state index contributed by atoms with van der Waals surface area (Å²) in [6, 6.07) is 4.48. The molecule has 0 fully saturated rings. The number of carbonyl (C=O) groups excluding carboxylic acids is 1. The van der Waals surface area contributed by atoms with E-state index in [-0.39, 0.29) is 30.2 Å². The fourth-order valence-corrected chi connectivity index (χ4v) is 1.03. The molecule has 0 saturated carbocycles. The van der Waals surface area contributed by atoms with Crippen LogP contribution in [-0.4, -0.2) is 24.5 Å². The van der Waals surface area contributed by atoms with Crippen molar-refractivity contribution in [2.24, 2.45) is 5.11 Å². The number of hydrogen-bond donors (Lipinski definition) is 1. The van der Waals surface area contributed by atoms with Gasteiger partial charge in [0.25, 0.3) is 0 Å². The van der Waals surface area contributed by atoms with Crippen LogP contribution in [0.15, 0.2) is 23.3 Å². The molecule has 0 saturated heterocycles. The van der Waals surface area contributed by atoms with E-state index in [9.17, 15) is 9.90 Å². The van der Waals surface area contributed by atoms with E-state index in [1.54, 1.807) is 6.07 Å². The van der Waals surface area contributed by atoms with Crippen molar-refractivity contribution in [2.45, 2.75) is 0 Å². The molecule has 6 nitrogen and oxygen atoms in total. The van der Waals surface area contributed by atoms with Gasteiger partial charge in [-0.25, -0.2) is 0 Å². The molecule has 0 aliphatic carbocycles. The summed E-state index contributed by atoms with van der Waals surface area (Å²) in [4.78, 5) is 13.1. The quantitative estimate of drug-likeness (QED) is 0.262. The maximum Gasteiger partial charge on any atom is 0.171 e. The Morgan fingerprint density at radius 3 is 3.07 bits per heavy atom. The molecule has 0 radical (unpaired) electrons. The summed E-state index contributed by atoms with van der Waals surface area (Å²) in [7, 11) is 0. The number of nitrogens with zero attached hydrogens (tertiary/aromatic N) is 3. The maximum atomic E-state index is 10.6. The van der Waals surface area contributed by atoms with Gasteiger partial charge in [0.1, 0.15) is 0 Å². The van der Waals surface area contributed by atoms with Crippen molar-refractivity contribution in [1.82, 2.24) is 0 Å². The highest BCUT2D eigenvalue weighted by atomic mass is 16.5. The lowest BCUT2D eigenvalue weighted by Gasteiger charge is -2.08. The van der Waals surface area contributed by atoms with Crippen molar-refractivity contribution in [3.8, 4) is 11.5 Å². The third kappa shape index (κ3) is 2.89. The van der Waals surface area contributed by atoms with Crippen LogP contribution in [0.3, 0.4) is 0 Å². The molecule has 0 unspecified atom stereocenters. The fourth-order valence-electron chi connectivity index (χ4n) is 1.03. The zero-order valence-electron chi connectivity index (χ0n) is 7.83. The van der Waals surface area contributed by atoms with E-state index in [0.29, 0.717) is 6.29 Å². The van der Waals surface area contributed by atoms with E-state index < -0.39 is 0 Å². The molecule has 0 aliphatic heterocycles. The first-order chi connectivity index (χ1) is 7.29. The van der Waals surface area contributed by atoms with E-state index in [1.165, 1.54) is 12.1 Å². The minimum absolute atomic E-state index is 0.111. The van der Waals surface area contributed by atoms with Crippen LogP contribution in [0, 0.1) is 0 Å². The third-order valence-electron chi connectivity index (χ3n) is 1.65. The van der Waals surface area contributed by atoms with E-state index >= 15 is 0 Å². The number of aromatic hydroxyl groups is 1. The highest BCUT2D eigenvalue weighted by molar-refractivity contribution is 5.80. The number of hydrogen-bond acceptors (Lipinski definition) is 4. The predicted octanol–water partition coefficient (Wildman–Crippen LogP) is 1.89. The van der Waals surface area contributed by atoms with Crippen LogP contribution in [0.2, 0.25) is 0 Å². The first-order valence-corrected chi connectivity index (χ1v) is 4.20. The van der Waals surface area contributed by atoms with Gasteiger partial charge in [-0.05, 0) is 17.7 Å². The van der Waals surface area contributed by atoms with Gasteiger partial charge in [-0.3, -0.25) is 4.79 Å². The minimum atomic E-state index is -0.111. The number of ether oxygens (including phenoxy) is 1. The highest BCUT2D eigenvalue weighted by Gasteiger charge is 2.07. The topological polar surface area (TPSA) is 95.3 Å². The molecule has 78 valence electrons. The number of benzene rings is 1. The molecule has 0 aliphatic rings. The summed E-state index contributed by atoms with van der Waals surface area (Å²) in [6.07, 6.45) is 0.586. The molecular formula is C9H9N3O3. The van der Waals surface area contributed by atoms with Crippen molar-refractivity contribution >= 4 is 6.29 Å². The highest BCUT2D eigenvalue weighted by Crippen LogP contribution is 2.28. The number of phenolic OH excluding ortho intramolecular Hbond substituents is 1. The van der Waals surface area contributed by atoms with Crippen LogP contribution >= 0.6 is 0 Å². The molecule has 1 rings (SSSR count). The molecule has 1 aromatic carbocycles. The zero-order chi connectivity index (χ0) is 11.1. The molecule has 0 atom stereocenters. The molecule has 6 heteroatoms. The van der Waals surface area contributed by atoms with Crippen LogP contribution < -0.4 is 4.74 Å². The summed E-state index contributed by atoms with van der Waals surface area (Å²) in [5.41, 5.74) is 8.28. The van der Waals surface area contributed by atoms with Gasteiger partial charge in [-0.15, -0.1) is 0 Å². The van der Waals surface area contributed by atoms with Gasteiger partial charge < -0.3 is 9.84 Å². The molecule has 1 N–H and O–H groups in total. The molecule has 15 heavy (non-hydrogen) atoms. The standard InChI is InChI=1S/C9H9N3O3/c10-12-11-4-5-15-9-7(6-13)2-1-3-8(9)14/h1-3,6,14H,4-5H2. The van der Waals surface area contributed by atoms with E-state index in [4.69, 9.17) is 10.3 Å². The maximum absolute atomic E-state index is 10.6. The first-order valence-electron chi connectivity index (χ1n) is 4.20. The number of phenols is 1. The number of azide groups is 1. The Morgan fingerprint density at radius 1 is 1.60 bits per heavy atom. The van der Waals surface area contributed by atoms with Gasteiger partial charge in [0, 0.05) is 4.91 Å². The minimum Gasteiger partial charge on any atom is -0.504 e.